The molecule has 1 aliphatic rings. The lowest BCUT2D eigenvalue weighted by Crippen LogP contribution is -2.45. The molecule has 0 radical (unpaired) electrons. The fraction of sp³-hybridized carbons (Fsp3) is 0.524. The summed E-state index contributed by atoms with van der Waals surface area (Å²) in [6.45, 7) is 7.82. The van der Waals surface area contributed by atoms with E-state index in [0.717, 1.165) is 31.8 Å². The van der Waals surface area contributed by atoms with Crippen molar-refractivity contribution in [2.75, 3.05) is 32.8 Å². The molecule has 0 aliphatic carbocycles. The molecule has 29 heavy (non-hydrogen) atoms. The van der Waals surface area contributed by atoms with E-state index in [1.165, 1.54) is 12.3 Å². The van der Waals surface area contributed by atoms with E-state index < -0.39 is 11.6 Å². The highest BCUT2D eigenvalue weighted by Gasteiger charge is 2.22. The van der Waals surface area contributed by atoms with Gasteiger partial charge in [-0.15, -0.1) is 0 Å². The number of rotatable bonds is 8. The largest absolute Gasteiger partial charge is 0.463 e. The molecule has 1 saturated heterocycles. The highest BCUT2D eigenvalue weighted by atomic mass is 19.1. The topological polar surface area (TPSA) is 64.8 Å². The molecule has 8 heteroatoms. The van der Waals surface area contributed by atoms with Crippen LogP contribution in [0.25, 0.3) is 11.3 Å². The molecule has 1 atom stereocenters. The summed E-state index contributed by atoms with van der Waals surface area (Å²) in [5, 5.41) is 0. The minimum absolute atomic E-state index is 0.0915. The summed E-state index contributed by atoms with van der Waals surface area (Å²) in [6, 6.07) is 3.22. The number of esters is 1. The molecule has 1 unspecified atom stereocenters. The molecule has 0 bridgehead atoms. The molecule has 1 aliphatic heterocycles. The Morgan fingerprint density at radius 2 is 2.21 bits per heavy atom. The standard InChI is InChI=1S/C21H26F2N2O4/c1-14(2)11-25-7-8-27-16(12-25)13-28-21(26)6-5-20-24-10-19(29-20)17-4-3-15(22)9-18(17)23/h3-4,9-10,14,16H,5-8,11-13H2,1-2H3. The van der Waals surface area contributed by atoms with Crippen molar-refractivity contribution in [2.45, 2.75) is 32.8 Å². The molecular weight excluding hydrogens is 382 g/mol. The van der Waals surface area contributed by atoms with Gasteiger partial charge >= 0.3 is 5.97 Å². The number of carbonyl (C=O) groups excluding carboxylic acids is 1. The van der Waals surface area contributed by atoms with Crippen molar-refractivity contribution in [3.63, 3.8) is 0 Å². The molecule has 2 heterocycles. The summed E-state index contributed by atoms with van der Waals surface area (Å²) in [5.41, 5.74) is 0.119. The molecule has 0 saturated carbocycles. The number of morpholine rings is 1. The minimum atomic E-state index is -0.730. The Bertz CT molecular complexity index is 825. The lowest BCUT2D eigenvalue weighted by Gasteiger charge is -2.33. The van der Waals surface area contributed by atoms with Crippen LogP contribution in [0.1, 0.15) is 26.2 Å². The summed E-state index contributed by atoms with van der Waals surface area (Å²) in [7, 11) is 0. The van der Waals surface area contributed by atoms with E-state index in [4.69, 9.17) is 13.9 Å². The molecule has 3 rings (SSSR count). The first kappa shape index (κ1) is 21.4. The fourth-order valence-corrected chi connectivity index (χ4v) is 3.27. The number of benzene rings is 1. The van der Waals surface area contributed by atoms with E-state index in [9.17, 15) is 13.6 Å². The normalized spacial score (nSPS) is 17.6. The van der Waals surface area contributed by atoms with E-state index in [2.05, 4.69) is 23.7 Å². The smallest absolute Gasteiger partial charge is 0.306 e. The zero-order valence-corrected chi connectivity index (χ0v) is 16.7. The van der Waals surface area contributed by atoms with Gasteiger partial charge in [0.2, 0.25) is 0 Å². The average molecular weight is 408 g/mol. The number of oxazole rings is 1. The summed E-state index contributed by atoms with van der Waals surface area (Å²) >= 11 is 0. The third-order valence-electron chi connectivity index (χ3n) is 4.57. The Morgan fingerprint density at radius 1 is 1.38 bits per heavy atom. The molecule has 6 nitrogen and oxygen atoms in total. The van der Waals surface area contributed by atoms with E-state index in [1.54, 1.807) is 0 Å². The number of nitrogens with zero attached hydrogens (tertiary/aromatic N) is 2. The fourth-order valence-electron chi connectivity index (χ4n) is 3.27. The number of aromatic nitrogens is 1. The number of halogens is 2. The molecule has 0 N–H and O–H groups in total. The first-order chi connectivity index (χ1) is 13.9. The predicted molar refractivity (Wildman–Crippen MR) is 102 cm³/mol. The van der Waals surface area contributed by atoms with Crippen LogP contribution in [0.15, 0.2) is 28.8 Å². The second kappa shape index (κ2) is 9.93. The van der Waals surface area contributed by atoms with E-state index in [1.807, 2.05) is 0 Å². The first-order valence-corrected chi connectivity index (χ1v) is 9.80. The summed E-state index contributed by atoms with van der Waals surface area (Å²) in [5.74, 6) is -0.716. The monoisotopic (exact) mass is 408 g/mol. The summed E-state index contributed by atoms with van der Waals surface area (Å²) in [4.78, 5) is 18.4. The Morgan fingerprint density at radius 3 is 2.97 bits per heavy atom. The van der Waals surface area contributed by atoms with Crippen molar-refractivity contribution < 1.29 is 27.5 Å². The van der Waals surface area contributed by atoms with Crippen molar-refractivity contribution in [1.82, 2.24) is 9.88 Å². The lowest BCUT2D eigenvalue weighted by atomic mass is 10.2. The van der Waals surface area contributed by atoms with Gasteiger partial charge < -0.3 is 13.9 Å². The third kappa shape index (κ3) is 6.33. The van der Waals surface area contributed by atoms with Crippen LogP contribution in [0.4, 0.5) is 8.78 Å². The predicted octanol–water partition coefficient (Wildman–Crippen LogP) is 3.45. The van der Waals surface area contributed by atoms with Gasteiger partial charge in [0.25, 0.3) is 0 Å². The van der Waals surface area contributed by atoms with E-state index in [-0.39, 0.29) is 48.7 Å². The van der Waals surface area contributed by atoms with Gasteiger partial charge in [0, 0.05) is 32.1 Å². The number of ether oxygens (including phenoxy) is 2. The Balaban J connectivity index is 1.43. The van der Waals surface area contributed by atoms with Crippen LogP contribution in [0.3, 0.4) is 0 Å². The number of carbonyl (C=O) groups is 1. The summed E-state index contributed by atoms with van der Waals surface area (Å²) < 4.78 is 43.3. The van der Waals surface area contributed by atoms with Gasteiger partial charge in [0.1, 0.15) is 24.3 Å². The SMILES string of the molecule is CC(C)CN1CCOC(COC(=O)CCc2ncc(-c3ccc(F)cc3F)o2)C1. The van der Waals surface area contributed by atoms with Crippen LogP contribution in [0, 0.1) is 17.6 Å². The maximum Gasteiger partial charge on any atom is 0.306 e. The Kier molecular flexibility index (Phi) is 7.33. The van der Waals surface area contributed by atoms with Crippen LogP contribution in [-0.4, -0.2) is 54.8 Å². The molecular formula is C21H26F2N2O4. The van der Waals surface area contributed by atoms with Gasteiger partial charge in [-0.05, 0) is 18.1 Å². The van der Waals surface area contributed by atoms with Gasteiger partial charge in [0.15, 0.2) is 11.7 Å². The van der Waals surface area contributed by atoms with Crippen molar-refractivity contribution in [3.8, 4) is 11.3 Å². The molecule has 1 aromatic carbocycles. The number of hydrogen-bond acceptors (Lipinski definition) is 6. The van der Waals surface area contributed by atoms with Crippen molar-refractivity contribution >= 4 is 5.97 Å². The van der Waals surface area contributed by atoms with Crippen molar-refractivity contribution in [3.05, 3.63) is 41.9 Å². The maximum atomic E-state index is 13.8. The van der Waals surface area contributed by atoms with Crippen LogP contribution in [0.2, 0.25) is 0 Å². The number of aryl methyl sites for hydroxylation is 1. The second-order valence-corrected chi connectivity index (χ2v) is 7.57. The van der Waals surface area contributed by atoms with Gasteiger partial charge in [0.05, 0.1) is 24.8 Å². The highest BCUT2D eigenvalue weighted by molar-refractivity contribution is 5.69. The Labute approximate surface area is 168 Å². The quantitative estimate of drug-likeness (QED) is 0.624. The van der Waals surface area contributed by atoms with E-state index in [0.29, 0.717) is 12.5 Å². The van der Waals surface area contributed by atoms with Crippen LogP contribution in [-0.2, 0) is 20.7 Å². The minimum Gasteiger partial charge on any atom is -0.463 e. The molecule has 158 valence electrons. The van der Waals surface area contributed by atoms with Crippen LogP contribution >= 0.6 is 0 Å². The zero-order valence-electron chi connectivity index (χ0n) is 16.7. The third-order valence-corrected chi connectivity index (χ3v) is 4.57. The van der Waals surface area contributed by atoms with Crippen LogP contribution < -0.4 is 0 Å². The van der Waals surface area contributed by atoms with Crippen LogP contribution in [0.5, 0.6) is 0 Å². The second-order valence-electron chi connectivity index (χ2n) is 7.57. The zero-order chi connectivity index (χ0) is 20.8. The van der Waals surface area contributed by atoms with Crippen molar-refractivity contribution in [1.29, 1.82) is 0 Å². The maximum absolute atomic E-state index is 13.8. The Hall–Kier alpha value is -2.32. The first-order valence-electron chi connectivity index (χ1n) is 9.80. The van der Waals surface area contributed by atoms with Gasteiger partial charge in [-0.3, -0.25) is 9.69 Å². The molecule has 0 amide bonds. The van der Waals surface area contributed by atoms with Gasteiger partial charge in [-0.1, -0.05) is 13.8 Å². The molecule has 2 aromatic rings. The molecule has 1 aromatic heterocycles. The lowest BCUT2D eigenvalue weighted by molar-refractivity contribution is -0.150. The van der Waals surface area contributed by atoms with E-state index >= 15 is 0 Å². The van der Waals surface area contributed by atoms with Gasteiger partial charge in [-0.2, -0.15) is 0 Å². The highest BCUT2D eigenvalue weighted by Crippen LogP contribution is 2.24. The summed E-state index contributed by atoms with van der Waals surface area (Å²) in [6.07, 6.45) is 1.55. The molecule has 1 fully saturated rings. The average Bonchev–Trinajstić information content (AvgIpc) is 3.13. The van der Waals surface area contributed by atoms with Gasteiger partial charge in [-0.25, -0.2) is 13.8 Å². The van der Waals surface area contributed by atoms with Crippen molar-refractivity contribution in [2.24, 2.45) is 5.92 Å². The number of hydrogen-bond donors (Lipinski definition) is 0. The molecule has 0 spiro atoms.